The van der Waals surface area contributed by atoms with Crippen molar-refractivity contribution in [2.24, 2.45) is 5.73 Å². The van der Waals surface area contributed by atoms with Gasteiger partial charge in [0.05, 0.1) is 11.2 Å². The summed E-state index contributed by atoms with van der Waals surface area (Å²) in [6, 6.07) is 8.71. The second-order valence-electron chi connectivity index (χ2n) is 4.79. The molecule has 3 heteroatoms. The molecule has 2 aromatic rings. The first-order valence-corrected chi connectivity index (χ1v) is 7.24. The van der Waals surface area contributed by atoms with Crippen LogP contribution in [0.4, 0.5) is 0 Å². The first-order valence-electron chi connectivity index (χ1n) is 6.36. The molecule has 0 aliphatic carbocycles. The third kappa shape index (κ3) is 3.40. The summed E-state index contributed by atoms with van der Waals surface area (Å²) in [6.45, 7) is 4.22. The van der Waals surface area contributed by atoms with Crippen LogP contribution in [0.25, 0.3) is 0 Å². The normalized spacial score (nSPS) is 12.6. The predicted octanol–water partition coefficient (Wildman–Crippen LogP) is 3.26. The first kappa shape index (κ1) is 13.2. The summed E-state index contributed by atoms with van der Waals surface area (Å²) in [6.07, 6.45) is 3.03. The van der Waals surface area contributed by atoms with Crippen LogP contribution in [0, 0.1) is 13.8 Å². The van der Waals surface area contributed by atoms with E-state index in [-0.39, 0.29) is 6.04 Å². The van der Waals surface area contributed by atoms with E-state index in [1.54, 1.807) is 11.3 Å². The minimum atomic E-state index is 0.229. The van der Waals surface area contributed by atoms with E-state index in [2.05, 4.69) is 43.1 Å². The summed E-state index contributed by atoms with van der Waals surface area (Å²) in [4.78, 5) is 5.64. The third-order valence-corrected chi connectivity index (χ3v) is 4.33. The van der Waals surface area contributed by atoms with Crippen molar-refractivity contribution in [2.75, 3.05) is 0 Å². The average Bonchev–Trinajstić information content (AvgIpc) is 2.75. The van der Waals surface area contributed by atoms with Crippen LogP contribution < -0.4 is 5.73 Å². The molecular formula is C15H20N2S. The lowest BCUT2D eigenvalue weighted by molar-refractivity contribution is 0.610. The van der Waals surface area contributed by atoms with Gasteiger partial charge in [0, 0.05) is 10.9 Å². The van der Waals surface area contributed by atoms with Crippen LogP contribution in [0.15, 0.2) is 29.8 Å². The van der Waals surface area contributed by atoms with Gasteiger partial charge in [-0.2, -0.15) is 0 Å². The van der Waals surface area contributed by atoms with Gasteiger partial charge in [0.1, 0.15) is 0 Å². The quantitative estimate of drug-likeness (QED) is 0.896. The van der Waals surface area contributed by atoms with Gasteiger partial charge >= 0.3 is 0 Å². The molecular weight excluding hydrogens is 240 g/mol. The van der Waals surface area contributed by atoms with Crippen LogP contribution in [-0.4, -0.2) is 11.0 Å². The molecule has 0 aliphatic rings. The topological polar surface area (TPSA) is 38.9 Å². The van der Waals surface area contributed by atoms with Crippen LogP contribution in [0.5, 0.6) is 0 Å². The minimum Gasteiger partial charge on any atom is -0.327 e. The fourth-order valence-electron chi connectivity index (χ4n) is 2.11. The zero-order valence-electron chi connectivity index (χ0n) is 11.0. The van der Waals surface area contributed by atoms with E-state index in [1.165, 1.54) is 16.0 Å². The Balaban J connectivity index is 1.88. The van der Waals surface area contributed by atoms with E-state index in [4.69, 9.17) is 5.73 Å². The summed E-state index contributed by atoms with van der Waals surface area (Å²) in [5.41, 5.74) is 12.0. The Morgan fingerprint density at radius 3 is 2.72 bits per heavy atom. The standard InChI is InChI=1S/C15H20N2S/c1-11-5-3-4-6-13(11)9-14(16)7-8-15-12(2)17-10-18-15/h3-6,10,14H,7-9,16H2,1-2H3. The number of thiazole rings is 1. The van der Waals surface area contributed by atoms with Crippen molar-refractivity contribution >= 4 is 11.3 Å². The average molecular weight is 260 g/mol. The molecule has 0 spiro atoms. The molecule has 2 N–H and O–H groups in total. The second-order valence-corrected chi connectivity index (χ2v) is 5.73. The highest BCUT2D eigenvalue weighted by Gasteiger charge is 2.08. The molecule has 1 unspecified atom stereocenters. The highest BCUT2D eigenvalue weighted by atomic mass is 32.1. The molecule has 2 rings (SSSR count). The minimum absolute atomic E-state index is 0.229. The number of rotatable bonds is 5. The molecule has 1 aromatic carbocycles. The molecule has 1 heterocycles. The van der Waals surface area contributed by atoms with Gasteiger partial charge in [-0.25, -0.2) is 4.98 Å². The molecule has 1 atom stereocenters. The van der Waals surface area contributed by atoms with Gasteiger partial charge in [-0.05, 0) is 44.2 Å². The van der Waals surface area contributed by atoms with Crippen molar-refractivity contribution in [3.8, 4) is 0 Å². The van der Waals surface area contributed by atoms with E-state index >= 15 is 0 Å². The molecule has 18 heavy (non-hydrogen) atoms. The molecule has 0 amide bonds. The molecule has 0 saturated heterocycles. The van der Waals surface area contributed by atoms with Crippen LogP contribution in [0.3, 0.4) is 0 Å². The van der Waals surface area contributed by atoms with E-state index in [0.29, 0.717) is 0 Å². The Bertz CT molecular complexity index is 505. The number of hydrogen-bond acceptors (Lipinski definition) is 3. The van der Waals surface area contributed by atoms with Crippen molar-refractivity contribution in [3.05, 3.63) is 51.5 Å². The molecule has 96 valence electrons. The highest BCUT2D eigenvalue weighted by Crippen LogP contribution is 2.16. The van der Waals surface area contributed by atoms with E-state index in [9.17, 15) is 0 Å². The zero-order chi connectivity index (χ0) is 13.0. The van der Waals surface area contributed by atoms with Gasteiger partial charge < -0.3 is 5.73 Å². The number of benzene rings is 1. The van der Waals surface area contributed by atoms with Gasteiger partial charge in [0.15, 0.2) is 0 Å². The number of aryl methyl sites for hydroxylation is 3. The van der Waals surface area contributed by atoms with E-state index in [0.717, 1.165) is 25.0 Å². The van der Waals surface area contributed by atoms with E-state index < -0.39 is 0 Å². The number of aromatic nitrogens is 1. The molecule has 0 aliphatic heterocycles. The largest absolute Gasteiger partial charge is 0.327 e. The Hall–Kier alpha value is -1.19. The Morgan fingerprint density at radius 2 is 2.06 bits per heavy atom. The zero-order valence-corrected chi connectivity index (χ0v) is 11.8. The number of hydrogen-bond donors (Lipinski definition) is 1. The molecule has 2 nitrogen and oxygen atoms in total. The Kier molecular flexibility index (Phi) is 4.50. The Morgan fingerprint density at radius 1 is 1.28 bits per heavy atom. The fourth-order valence-corrected chi connectivity index (χ4v) is 2.90. The highest BCUT2D eigenvalue weighted by molar-refractivity contribution is 7.09. The van der Waals surface area contributed by atoms with Gasteiger partial charge in [-0.3, -0.25) is 0 Å². The van der Waals surface area contributed by atoms with Crippen molar-refractivity contribution in [3.63, 3.8) is 0 Å². The maximum Gasteiger partial charge on any atom is 0.0797 e. The molecule has 0 radical (unpaired) electrons. The summed E-state index contributed by atoms with van der Waals surface area (Å²) in [7, 11) is 0. The second kappa shape index (κ2) is 6.12. The SMILES string of the molecule is Cc1ccccc1CC(N)CCc1scnc1C. The van der Waals surface area contributed by atoms with Crippen molar-refractivity contribution < 1.29 is 0 Å². The molecule has 0 bridgehead atoms. The van der Waals surface area contributed by atoms with Crippen molar-refractivity contribution in [1.29, 1.82) is 0 Å². The van der Waals surface area contributed by atoms with Crippen molar-refractivity contribution in [2.45, 2.75) is 39.2 Å². The third-order valence-electron chi connectivity index (χ3n) is 3.33. The maximum absolute atomic E-state index is 6.23. The summed E-state index contributed by atoms with van der Waals surface area (Å²) >= 11 is 1.73. The van der Waals surface area contributed by atoms with Gasteiger partial charge in [-0.15, -0.1) is 11.3 Å². The Labute approximate surface area is 113 Å². The monoisotopic (exact) mass is 260 g/mol. The predicted molar refractivity (Wildman–Crippen MR) is 78.0 cm³/mol. The number of nitrogens with two attached hydrogens (primary N) is 1. The van der Waals surface area contributed by atoms with Gasteiger partial charge in [-0.1, -0.05) is 24.3 Å². The van der Waals surface area contributed by atoms with Gasteiger partial charge in [0.2, 0.25) is 0 Å². The lowest BCUT2D eigenvalue weighted by Gasteiger charge is -2.13. The first-order chi connectivity index (χ1) is 8.66. The lowest BCUT2D eigenvalue weighted by Crippen LogP contribution is -2.23. The molecule has 0 saturated carbocycles. The summed E-state index contributed by atoms with van der Waals surface area (Å²) in [5.74, 6) is 0. The lowest BCUT2D eigenvalue weighted by atomic mass is 9.98. The fraction of sp³-hybridized carbons (Fsp3) is 0.400. The smallest absolute Gasteiger partial charge is 0.0797 e. The van der Waals surface area contributed by atoms with Gasteiger partial charge in [0.25, 0.3) is 0 Å². The summed E-state index contributed by atoms with van der Waals surface area (Å²) < 4.78 is 0. The van der Waals surface area contributed by atoms with Crippen LogP contribution in [-0.2, 0) is 12.8 Å². The van der Waals surface area contributed by atoms with Crippen LogP contribution in [0.1, 0.15) is 28.1 Å². The molecule has 0 fully saturated rings. The molecule has 1 aromatic heterocycles. The van der Waals surface area contributed by atoms with E-state index in [1.807, 2.05) is 5.51 Å². The van der Waals surface area contributed by atoms with Crippen molar-refractivity contribution in [1.82, 2.24) is 4.98 Å². The van der Waals surface area contributed by atoms with Crippen LogP contribution in [0.2, 0.25) is 0 Å². The summed E-state index contributed by atoms with van der Waals surface area (Å²) in [5, 5.41) is 0. The van der Waals surface area contributed by atoms with Crippen LogP contribution >= 0.6 is 11.3 Å². The number of nitrogens with zero attached hydrogens (tertiary/aromatic N) is 1. The maximum atomic E-state index is 6.23.